The van der Waals surface area contributed by atoms with Gasteiger partial charge in [-0.2, -0.15) is 11.8 Å². The van der Waals surface area contributed by atoms with Crippen molar-refractivity contribution in [1.82, 2.24) is 5.32 Å². The standard InChI is InChI=1S/C17H25NS/c1-2-19-17-12-6-11-16(17)18-15-10-5-8-13-7-3-4-9-14(13)15/h3-4,7,9,15-18H,2,5-6,8,10-12H2,1H3. The maximum atomic E-state index is 3.99. The van der Waals surface area contributed by atoms with E-state index in [2.05, 4.69) is 48.3 Å². The summed E-state index contributed by atoms with van der Waals surface area (Å²) in [5, 5.41) is 4.83. The SMILES string of the molecule is CCSC1CCCC1NC1CCCc2ccccc21. The number of aryl methyl sites for hydroxylation is 1. The summed E-state index contributed by atoms with van der Waals surface area (Å²) in [7, 11) is 0. The van der Waals surface area contributed by atoms with E-state index < -0.39 is 0 Å². The summed E-state index contributed by atoms with van der Waals surface area (Å²) >= 11 is 2.15. The van der Waals surface area contributed by atoms with E-state index in [4.69, 9.17) is 0 Å². The number of rotatable bonds is 4. The lowest BCUT2D eigenvalue weighted by molar-refractivity contribution is 0.401. The monoisotopic (exact) mass is 275 g/mol. The quantitative estimate of drug-likeness (QED) is 0.878. The summed E-state index contributed by atoms with van der Waals surface area (Å²) in [4.78, 5) is 0. The maximum absolute atomic E-state index is 3.99. The molecule has 0 aliphatic heterocycles. The van der Waals surface area contributed by atoms with Crippen LogP contribution in [0, 0.1) is 0 Å². The fourth-order valence-corrected chi connectivity index (χ4v) is 4.92. The summed E-state index contributed by atoms with van der Waals surface area (Å²) in [6.45, 7) is 2.29. The number of nitrogens with one attached hydrogen (secondary N) is 1. The molecule has 1 aromatic rings. The van der Waals surface area contributed by atoms with E-state index in [0.717, 1.165) is 11.3 Å². The van der Waals surface area contributed by atoms with Crippen molar-refractivity contribution < 1.29 is 0 Å². The molecule has 0 bridgehead atoms. The van der Waals surface area contributed by atoms with Crippen LogP contribution in [0.2, 0.25) is 0 Å². The van der Waals surface area contributed by atoms with Crippen LogP contribution in [-0.2, 0) is 6.42 Å². The van der Waals surface area contributed by atoms with Crippen molar-refractivity contribution in [3.63, 3.8) is 0 Å². The second kappa shape index (κ2) is 6.32. The molecule has 0 spiro atoms. The predicted octanol–water partition coefficient (Wildman–Crippen LogP) is 4.33. The average molecular weight is 275 g/mol. The Labute approximate surface area is 121 Å². The van der Waals surface area contributed by atoms with E-state index in [1.54, 1.807) is 11.1 Å². The zero-order chi connectivity index (χ0) is 13.1. The highest BCUT2D eigenvalue weighted by Crippen LogP contribution is 2.35. The van der Waals surface area contributed by atoms with Gasteiger partial charge in [0.1, 0.15) is 0 Å². The largest absolute Gasteiger partial charge is 0.306 e. The third-order valence-electron chi connectivity index (χ3n) is 4.62. The first-order valence-electron chi connectivity index (χ1n) is 7.84. The minimum absolute atomic E-state index is 0.605. The molecule has 0 aromatic heterocycles. The molecule has 2 aliphatic rings. The van der Waals surface area contributed by atoms with Crippen molar-refractivity contribution in [3.8, 4) is 0 Å². The van der Waals surface area contributed by atoms with E-state index in [0.29, 0.717) is 6.04 Å². The van der Waals surface area contributed by atoms with Crippen LogP contribution in [0.4, 0.5) is 0 Å². The smallest absolute Gasteiger partial charge is 0.0325 e. The minimum atomic E-state index is 0.605. The van der Waals surface area contributed by atoms with Crippen molar-refractivity contribution in [2.24, 2.45) is 0 Å². The van der Waals surface area contributed by atoms with Crippen LogP contribution in [0.25, 0.3) is 0 Å². The topological polar surface area (TPSA) is 12.0 Å². The van der Waals surface area contributed by atoms with Crippen molar-refractivity contribution in [3.05, 3.63) is 35.4 Å². The van der Waals surface area contributed by atoms with E-state index in [9.17, 15) is 0 Å². The molecule has 3 atom stereocenters. The van der Waals surface area contributed by atoms with Gasteiger partial charge in [-0.25, -0.2) is 0 Å². The van der Waals surface area contributed by atoms with Crippen LogP contribution in [-0.4, -0.2) is 17.0 Å². The number of hydrogen-bond acceptors (Lipinski definition) is 2. The molecule has 0 saturated heterocycles. The molecule has 19 heavy (non-hydrogen) atoms. The lowest BCUT2D eigenvalue weighted by Gasteiger charge is -2.31. The highest BCUT2D eigenvalue weighted by Gasteiger charge is 2.30. The zero-order valence-electron chi connectivity index (χ0n) is 11.9. The fourth-order valence-electron chi connectivity index (χ4n) is 3.72. The summed E-state index contributed by atoms with van der Waals surface area (Å²) in [5.74, 6) is 1.25. The Morgan fingerprint density at radius 2 is 2.05 bits per heavy atom. The van der Waals surface area contributed by atoms with Crippen molar-refractivity contribution in [1.29, 1.82) is 0 Å². The van der Waals surface area contributed by atoms with Crippen LogP contribution in [0.15, 0.2) is 24.3 Å². The molecule has 1 aromatic carbocycles. The molecule has 1 saturated carbocycles. The van der Waals surface area contributed by atoms with E-state index in [1.165, 1.54) is 44.3 Å². The highest BCUT2D eigenvalue weighted by atomic mass is 32.2. The summed E-state index contributed by atoms with van der Waals surface area (Å²) in [6.07, 6.45) is 8.11. The van der Waals surface area contributed by atoms with Gasteiger partial charge < -0.3 is 5.32 Å². The van der Waals surface area contributed by atoms with Gasteiger partial charge >= 0.3 is 0 Å². The van der Waals surface area contributed by atoms with Gasteiger partial charge in [-0.1, -0.05) is 37.6 Å². The second-order valence-electron chi connectivity index (χ2n) is 5.84. The van der Waals surface area contributed by atoms with Gasteiger partial charge in [-0.15, -0.1) is 0 Å². The number of fused-ring (bicyclic) bond motifs is 1. The molecule has 1 N–H and O–H groups in total. The van der Waals surface area contributed by atoms with Crippen LogP contribution in [0.5, 0.6) is 0 Å². The van der Waals surface area contributed by atoms with Crippen LogP contribution in [0.3, 0.4) is 0 Å². The van der Waals surface area contributed by atoms with E-state index in [1.807, 2.05) is 0 Å². The molecule has 3 rings (SSSR count). The van der Waals surface area contributed by atoms with Gasteiger partial charge in [0.15, 0.2) is 0 Å². The molecule has 0 heterocycles. The van der Waals surface area contributed by atoms with Crippen molar-refractivity contribution in [2.75, 3.05) is 5.75 Å². The second-order valence-corrected chi connectivity index (χ2v) is 7.36. The molecular formula is C17H25NS. The predicted molar refractivity (Wildman–Crippen MR) is 84.8 cm³/mol. The molecule has 1 nitrogen and oxygen atoms in total. The number of hydrogen-bond donors (Lipinski definition) is 1. The average Bonchev–Trinajstić information content (AvgIpc) is 2.87. The Morgan fingerprint density at radius 3 is 2.95 bits per heavy atom. The van der Waals surface area contributed by atoms with E-state index in [-0.39, 0.29) is 0 Å². The van der Waals surface area contributed by atoms with E-state index >= 15 is 0 Å². The molecule has 104 valence electrons. The number of benzene rings is 1. The molecule has 1 fully saturated rings. The Morgan fingerprint density at radius 1 is 1.16 bits per heavy atom. The molecule has 2 heteroatoms. The van der Waals surface area contributed by atoms with Gasteiger partial charge in [0.05, 0.1) is 0 Å². The minimum Gasteiger partial charge on any atom is -0.306 e. The van der Waals surface area contributed by atoms with Gasteiger partial charge in [0, 0.05) is 17.3 Å². The summed E-state index contributed by atoms with van der Waals surface area (Å²) in [5.41, 5.74) is 3.14. The normalized spacial score (nSPS) is 30.3. The Kier molecular flexibility index (Phi) is 4.49. The van der Waals surface area contributed by atoms with Gasteiger partial charge in [0.25, 0.3) is 0 Å². The summed E-state index contributed by atoms with van der Waals surface area (Å²) in [6, 6.07) is 10.4. The van der Waals surface area contributed by atoms with Crippen LogP contribution >= 0.6 is 11.8 Å². The first-order valence-corrected chi connectivity index (χ1v) is 8.89. The molecule has 0 amide bonds. The van der Waals surface area contributed by atoms with Crippen LogP contribution in [0.1, 0.15) is 56.2 Å². The fraction of sp³-hybridized carbons (Fsp3) is 0.647. The molecular weight excluding hydrogens is 250 g/mol. The van der Waals surface area contributed by atoms with Crippen molar-refractivity contribution in [2.45, 2.75) is 62.8 Å². The Balaban J connectivity index is 1.70. The van der Waals surface area contributed by atoms with Gasteiger partial charge in [0.2, 0.25) is 0 Å². The lowest BCUT2D eigenvalue weighted by atomic mass is 9.87. The first-order chi connectivity index (χ1) is 9.38. The maximum Gasteiger partial charge on any atom is 0.0325 e. The third kappa shape index (κ3) is 3.00. The third-order valence-corrected chi connectivity index (χ3v) is 5.94. The lowest BCUT2D eigenvalue weighted by Crippen LogP contribution is -2.38. The zero-order valence-corrected chi connectivity index (χ0v) is 12.7. The Bertz CT molecular complexity index is 417. The Hall–Kier alpha value is -0.470. The van der Waals surface area contributed by atoms with Crippen LogP contribution < -0.4 is 5.32 Å². The number of thioether (sulfide) groups is 1. The van der Waals surface area contributed by atoms with Gasteiger partial charge in [-0.3, -0.25) is 0 Å². The highest BCUT2D eigenvalue weighted by molar-refractivity contribution is 7.99. The van der Waals surface area contributed by atoms with Gasteiger partial charge in [-0.05, 0) is 49.0 Å². The van der Waals surface area contributed by atoms with Crippen molar-refractivity contribution >= 4 is 11.8 Å². The first kappa shape index (κ1) is 13.5. The summed E-state index contributed by atoms with van der Waals surface area (Å²) < 4.78 is 0. The molecule has 3 unspecified atom stereocenters. The molecule has 2 aliphatic carbocycles. The molecule has 0 radical (unpaired) electrons.